The van der Waals surface area contributed by atoms with Crippen LogP contribution in [0.2, 0.25) is 5.15 Å². The molecule has 3 rings (SSSR count). The van der Waals surface area contributed by atoms with E-state index in [1.165, 1.54) is 12.1 Å². The number of non-ortho nitro benzene ring substituents is 1. The molecule has 20 heavy (non-hydrogen) atoms. The summed E-state index contributed by atoms with van der Waals surface area (Å²) in [6.07, 6.45) is 3.30. The van der Waals surface area contributed by atoms with Gasteiger partial charge in [-0.1, -0.05) is 11.6 Å². The van der Waals surface area contributed by atoms with Crippen molar-refractivity contribution in [2.75, 3.05) is 0 Å². The first-order valence-corrected chi connectivity index (χ1v) is 6.22. The Labute approximate surface area is 118 Å². The van der Waals surface area contributed by atoms with Crippen LogP contribution >= 0.6 is 11.6 Å². The van der Waals surface area contributed by atoms with Crippen LogP contribution < -0.4 is 0 Å². The minimum Gasteiger partial charge on any atom is -0.260 e. The van der Waals surface area contributed by atoms with Crippen LogP contribution in [-0.2, 0) is 6.54 Å². The summed E-state index contributed by atoms with van der Waals surface area (Å²) in [7, 11) is 0. The zero-order chi connectivity index (χ0) is 14.1. The maximum atomic E-state index is 10.8. The van der Waals surface area contributed by atoms with Crippen molar-refractivity contribution in [3.8, 4) is 0 Å². The van der Waals surface area contributed by atoms with E-state index in [0.717, 1.165) is 10.9 Å². The average molecular weight is 289 g/mol. The molecule has 0 unspecified atom stereocenters. The largest absolute Gasteiger partial charge is 0.271 e. The lowest BCUT2D eigenvalue weighted by Gasteiger charge is -2.04. The Kier molecular flexibility index (Phi) is 3.08. The van der Waals surface area contributed by atoms with Crippen LogP contribution in [0.4, 0.5) is 5.69 Å². The molecule has 0 spiro atoms. The lowest BCUT2D eigenvalue weighted by atomic mass is 10.2. The first-order chi connectivity index (χ1) is 9.63. The molecular formula is C13H9ClN4O2. The molecule has 0 aliphatic carbocycles. The first kappa shape index (κ1) is 12.6. The summed E-state index contributed by atoms with van der Waals surface area (Å²) in [6.45, 7) is 0.479. The average Bonchev–Trinajstić information content (AvgIpc) is 2.81. The molecule has 3 aromatic rings. The molecule has 0 aliphatic heterocycles. The van der Waals surface area contributed by atoms with E-state index >= 15 is 0 Å². The minimum absolute atomic E-state index is 0.0482. The molecule has 0 atom stereocenters. The second-order valence-electron chi connectivity index (χ2n) is 4.29. The number of nitro groups is 1. The summed E-state index contributed by atoms with van der Waals surface area (Å²) < 4.78 is 1.70. The zero-order valence-electron chi connectivity index (χ0n) is 10.2. The van der Waals surface area contributed by atoms with Gasteiger partial charge in [-0.3, -0.25) is 14.8 Å². The van der Waals surface area contributed by atoms with Gasteiger partial charge in [0.15, 0.2) is 0 Å². The van der Waals surface area contributed by atoms with E-state index < -0.39 is 4.92 Å². The first-order valence-electron chi connectivity index (χ1n) is 5.84. The number of fused-ring (bicyclic) bond motifs is 1. The number of hydrogen-bond acceptors (Lipinski definition) is 4. The van der Waals surface area contributed by atoms with Gasteiger partial charge in [0.1, 0.15) is 5.15 Å². The number of rotatable bonds is 3. The lowest BCUT2D eigenvalue weighted by Crippen LogP contribution is -2.01. The SMILES string of the molecule is O=[N+]([O-])c1ccc2cnn(Cc3ccnc(Cl)c3)c2c1. The van der Waals surface area contributed by atoms with E-state index in [1.54, 1.807) is 29.2 Å². The van der Waals surface area contributed by atoms with Crippen LogP contribution in [0.15, 0.2) is 42.7 Å². The Balaban J connectivity index is 2.03. The van der Waals surface area contributed by atoms with Crippen LogP contribution in [0.5, 0.6) is 0 Å². The van der Waals surface area contributed by atoms with Gasteiger partial charge in [0.2, 0.25) is 0 Å². The molecule has 2 aromatic heterocycles. The number of benzene rings is 1. The molecule has 100 valence electrons. The topological polar surface area (TPSA) is 73.8 Å². The molecule has 1 aromatic carbocycles. The standard InChI is InChI=1S/C13H9ClN4O2/c14-13-5-9(3-4-15-13)8-17-12-6-11(18(19)20)2-1-10(12)7-16-17/h1-7H,8H2. The Bertz CT molecular complexity index is 800. The van der Waals surface area contributed by atoms with E-state index in [1.807, 2.05) is 6.07 Å². The molecule has 0 amide bonds. The smallest absolute Gasteiger partial charge is 0.260 e. The molecule has 0 saturated heterocycles. The molecule has 0 bridgehead atoms. The molecule has 7 heteroatoms. The second kappa shape index (κ2) is 4.90. The van der Waals surface area contributed by atoms with Gasteiger partial charge in [0.05, 0.1) is 23.2 Å². The lowest BCUT2D eigenvalue weighted by molar-refractivity contribution is -0.384. The van der Waals surface area contributed by atoms with E-state index in [0.29, 0.717) is 17.2 Å². The van der Waals surface area contributed by atoms with Crippen molar-refractivity contribution in [2.24, 2.45) is 0 Å². The molecule has 0 N–H and O–H groups in total. The van der Waals surface area contributed by atoms with Crippen molar-refractivity contribution in [3.05, 3.63) is 63.6 Å². The van der Waals surface area contributed by atoms with Crippen LogP contribution in [-0.4, -0.2) is 19.7 Å². The molecule has 0 radical (unpaired) electrons. The monoisotopic (exact) mass is 288 g/mol. The van der Waals surface area contributed by atoms with Crippen molar-refractivity contribution < 1.29 is 4.92 Å². The summed E-state index contributed by atoms with van der Waals surface area (Å²) in [4.78, 5) is 14.3. The second-order valence-corrected chi connectivity index (χ2v) is 4.68. The molecule has 2 heterocycles. The van der Waals surface area contributed by atoms with Crippen molar-refractivity contribution in [1.29, 1.82) is 0 Å². The summed E-state index contributed by atoms with van der Waals surface area (Å²) in [5.41, 5.74) is 1.70. The van der Waals surface area contributed by atoms with Gasteiger partial charge in [-0.2, -0.15) is 5.10 Å². The van der Waals surface area contributed by atoms with Gasteiger partial charge >= 0.3 is 0 Å². The van der Waals surface area contributed by atoms with E-state index in [2.05, 4.69) is 10.1 Å². The maximum absolute atomic E-state index is 10.8. The third-order valence-corrected chi connectivity index (χ3v) is 3.17. The Morgan fingerprint density at radius 3 is 2.90 bits per heavy atom. The minimum atomic E-state index is -0.417. The van der Waals surface area contributed by atoms with Crippen LogP contribution in [0, 0.1) is 10.1 Å². The summed E-state index contributed by atoms with van der Waals surface area (Å²) in [5, 5.41) is 16.3. The molecule has 0 fully saturated rings. The highest BCUT2D eigenvalue weighted by Crippen LogP contribution is 2.21. The van der Waals surface area contributed by atoms with Gasteiger partial charge in [0.25, 0.3) is 5.69 Å². The van der Waals surface area contributed by atoms with Gasteiger partial charge in [-0.25, -0.2) is 4.98 Å². The van der Waals surface area contributed by atoms with Crippen molar-refractivity contribution >= 4 is 28.2 Å². The van der Waals surface area contributed by atoms with Gasteiger partial charge in [-0.05, 0) is 23.8 Å². The molecule has 0 saturated carbocycles. The third kappa shape index (κ3) is 2.33. The fourth-order valence-corrected chi connectivity index (χ4v) is 2.21. The Hall–Kier alpha value is -2.47. The highest BCUT2D eigenvalue weighted by atomic mass is 35.5. The zero-order valence-corrected chi connectivity index (χ0v) is 11.0. The third-order valence-electron chi connectivity index (χ3n) is 2.96. The summed E-state index contributed by atoms with van der Waals surface area (Å²) in [5.74, 6) is 0. The number of nitrogens with zero attached hydrogens (tertiary/aromatic N) is 4. The molecule has 0 aliphatic rings. The van der Waals surface area contributed by atoms with Crippen molar-refractivity contribution in [2.45, 2.75) is 6.54 Å². The fraction of sp³-hybridized carbons (Fsp3) is 0.0769. The number of pyridine rings is 1. The number of halogens is 1. The summed E-state index contributed by atoms with van der Waals surface area (Å²) >= 11 is 5.84. The molecule has 6 nitrogen and oxygen atoms in total. The number of aromatic nitrogens is 3. The fourth-order valence-electron chi connectivity index (χ4n) is 2.01. The van der Waals surface area contributed by atoms with Gasteiger partial charge < -0.3 is 0 Å². The highest BCUT2D eigenvalue weighted by molar-refractivity contribution is 6.29. The van der Waals surface area contributed by atoms with Crippen LogP contribution in [0.1, 0.15) is 5.56 Å². The van der Waals surface area contributed by atoms with Gasteiger partial charge in [0, 0.05) is 23.7 Å². The van der Waals surface area contributed by atoms with E-state index in [9.17, 15) is 10.1 Å². The van der Waals surface area contributed by atoms with Crippen LogP contribution in [0.3, 0.4) is 0 Å². The van der Waals surface area contributed by atoms with E-state index in [-0.39, 0.29) is 5.69 Å². The van der Waals surface area contributed by atoms with Crippen molar-refractivity contribution in [1.82, 2.24) is 14.8 Å². The Morgan fingerprint density at radius 2 is 2.15 bits per heavy atom. The predicted octanol–water partition coefficient (Wildman–Crippen LogP) is 3.04. The van der Waals surface area contributed by atoms with Crippen molar-refractivity contribution in [3.63, 3.8) is 0 Å². The molecular weight excluding hydrogens is 280 g/mol. The predicted molar refractivity (Wildman–Crippen MR) is 74.7 cm³/mol. The van der Waals surface area contributed by atoms with Crippen LogP contribution in [0.25, 0.3) is 10.9 Å². The maximum Gasteiger partial charge on any atom is 0.271 e. The van der Waals surface area contributed by atoms with E-state index in [4.69, 9.17) is 11.6 Å². The number of nitro benzene ring substituents is 1. The normalized spacial score (nSPS) is 10.8. The quantitative estimate of drug-likeness (QED) is 0.422. The summed E-state index contributed by atoms with van der Waals surface area (Å²) in [6, 6.07) is 8.25. The number of hydrogen-bond donors (Lipinski definition) is 0. The highest BCUT2D eigenvalue weighted by Gasteiger charge is 2.10. The van der Waals surface area contributed by atoms with Gasteiger partial charge in [-0.15, -0.1) is 0 Å². The Morgan fingerprint density at radius 1 is 1.30 bits per heavy atom.